The zero-order valence-corrected chi connectivity index (χ0v) is 10.5. The minimum absolute atomic E-state index is 0.207. The number of aromatic nitrogens is 2. The van der Waals surface area contributed by atoms with Gasteiger partial charge in [-0.1, -0.05) is 12.1 Å². The molecule has 1 heterocycles. The second-order valence-electron chi connectivity index (χ2n) is 3.65. The maximum Gasteiger partial charge on any atom is 0.335 e. The number of hydrogen-bond donors (Lipinski definition) is 1. The van der Waals surface area contributed by atoms with Crippen molar-refractivity contribution in [2.45, 2.75) is 0 Å². The highest BCUT2D eigenvalue weighted by Gasteiger charge is 2.15. The summed E-state index contributed by atoms with van der Waals surface area (Å²) in [5.74, 6) is -0.236. The number of methoxy groups -OCH3 is 2. The molecule has 0 spiro atoms. The van der Waals surface area contributed by atoms with Crippen LogP contribution < -0.4 is 9.47 Å². The van der Waals surface area contributed by atoms with Crippen LogP contribution in [-0.2, 0) is 0 Å². The Morgan fingerprint density at radius 1 is 1.05 bits per heavy atom. The summed E-state index contributed by atoms with van der Waals surface area (Å²) in [6.07, 6.45) is 1.34. The maximum absolute atomic E-state index is 10.8. The minimum atomic E-state index is -0.977. The molecule has 19 heavy (non-hydrogen) atoms. The van der Waals surface area contributed by atoms with Crippen LogP contribution in [-0.4, -0.2) is 35.3 Å². The standard InChI is InChI=1S/C13H12N2O4/c1-18-11-10(12(19-2)15-7-14-11)8-3-5-9(6-4-8)13(16)17/h3-7H,1-2H3,(H,16,17). The number of carbonyl (C=O) groups is 1. The van der Waals surface area contributed by atoms with Crippen molar-refractivity contribution in [3.05, 3.63) is 36.2 Å². The average molecular weight is 260 g/mol. The Labute approximate surface area is 109 Å². The first kappa shape index (κ1) is 12.8. The van der Waals surface area contributed by atoms with Gasteiger partial charge in [0.05, 0.1) is 19.8 Å². The van der Waals surface area contributed by atoms with Crippen molar-refractivity contribution in [2.75, 3.05) is 14.2 Å². The lowest BCUT2D eigenvalue weighted by molar-refractivity contribution is 0.0697. The highest BCUT2D eigenvalue weighted by atomic mass is 16.5. The van der Waals surface area contributed by atoms with E-state index in [4.69, 9.17) is 14.6 Å². The van der Waals surface area contributed by atoms with Crippen LogP contribution in [0.5, 0.6) is 11.8 Å². The molecule has 98 valence electrons. The topological polar surface area (TPSA) is 81.5 Å². The molecule has 0 aliphatic rings. The second-order valence-corrected chi connectivity index (χ2v) is 3.65. The van der Waals surface area contributed by atoms with Gasteiger partial charge in [-0.3, -0.25) is 0 Å². The van der Waals surface area contributed by atoms with Gasteiger partial charge in [0.1, 0.15) is 11.9 Å². The predicted octanol–water partition coefficient (Wildman–Crippen LogP) is 1.86. The van der Waals surface area contributed by atoms with Crippen LogP contribution in [0.1, 0.15) is 10.4 Å². The summed E-state index contributed by atoms with van der Waals surface area (Å²) < 4.78 is 10.3. The lowest BCUT2D eigenvalue weighted by atomic mass is 10.1. The SMILES string of the molecule is COc1ncnc(OC)c1-c1ccc(C(=O)O)cc1. The number of nitrogens with zero attached hydrogens (tertiary/aromatic N) is 2. The van der Waals surface area contributed by atoms with E-state index in [1.165, 1.54) is 32.7 Å². The van der Waals surface area contributed by atoms with E-state index < -0.39 is 5.97 Å². The molecule has 0 bridgehead atoms. The third-order valence-corrected chi connectivity index (χ3v) is 2.58. The third kappa shape index (κ3) is 2.47. The highest BCUT2D eigenvalue weighted by molar-refractivity contribution is 5.88. The van der Waals surface area contributed by atoms with E-state index in [0.29, 0.717) is 17.3 Å². The lowest BCUT2D eigenvalue weighted by Gasteiger charge is -2.10. The largest absolute Gasteiger partial charge is 0.480 e. The molecule has 0 amide bonds. The fourth-order valence-corrected chi connectivity index (χ4v) is 1.69. The fourth-order valence-electron chi connectivity index (χ4n) is 1.69. The van der Waals surface area contributed by atoms with Crippen molar-refractivity contribution >= 4 is 5.97 Å². The first-order valence-corrected chi connectivity index (χ1v) is 5.44. The molecule has 0 fully saturated rings. The van der Waals surface area contributed by atoms with Crippen molar-refractivity contribution < 1.29 is 19.4 Å². The number of ether oxygens (including phenoxy) is 2. The van der Waals surface area contributed by atoms with Crippen LogP contribution in [0, 0.1) is 0 Å². The first-order valence-electron chi connectivity index (χ1n) is 5.44. The van der Waals surface area contributed by atoms with Crippen LogP contribution in [0.4, 0.5) is 0 Å². The highest BCUT2D eigenvalue weighted by Crippen LogP contribution is 2.34. The van der Waals surface area contributed by atoms with Gasteiger partial charge in [0.2, 0.25) is 11.8 Å². The summed E-state index contributed by atoms with van der Waals surface area (Å²) in [5, 5.41) is 8.87. The van der Waals surface area contributed by atoms with Gasteiger partial charge in [0.15, 0.2) is 0 Å². The number of hydrogen-bond acceptors (Lipinski definition) is 5. The normalized spacial score (nSPS) is 10.0. The molecular formula is C13H12N2O4. The molecular weight excluding hydrogens is 248 g/mol. The average Bonchev–Trinajstić information content (AvgIpc) is 2.46. The Bertz CT molecular complexity index is 574. The number of aromatic carboxylic acids is 1. The van der Waals surface area contributed by atoms with Crippen LogP contribution in [0.25, 0.3) is 11.1 Å². The van der Waals surface area contributed by atoms with Gasteiger partial charge < -0.3 is 14.6 Å². The van der Waals surface area contributed by atoms with Gasteiger partial charge in [0.25, 0.3) is 0 Å². The van der Waals surface area contributed by atoms with Crippen LogP contribution in [0.2, 0.25) is 0 Å². The molecule has 0 aliphatic heterocycles. The van der Waals surface area contributed by atoms with E-state index in [-0.39, 0.29) is 5.56 Å². The Morgan fingerprint density at radius 3 is 2.00 bits per heavy atom. The zero-order valence-electron chi connectivity index (χ0n) is 10.5. The van der Waals surface area contributed by atoms with Crippen LogP contribution in [0.15, 0.2) is 30.6 Å². The van der Waals surface area contributed by atoms with Gasteiger partial charge in [-0.2, -0.15) is 0 Å². The summed E-state index contributed by atoms with van der Waals surface area (Å²) in [6, 6.07) is 6.33. The van der Waals surface area contributed by atoms with Gasteiger partial charge in [-0.15, -0.1) is 0 Å². The van der Waals surface area contributed by atoms with Crippen LogP contribution in [0.3, 0.4) is 0 Å². The number of carboxylic acids is 1. The molecule has 2 aromatic rings. The number of carboxylic acid groups (broad SMARTS) is 1. The maximum atomic E-state index is 10.8. The second kappa shape index (κ2) is 5.34. The van der Waals surface area contributed by atoms with Crippen molar-refractivity contribution in [1.82, 2.24) is 9.97 Å². The van der Waals surface area contributed by atoms with Crippen LogP contribution >= 0.6 is 0 Å². The molecule has 0 atom stereocenters. The molecule has 0 aliphatic carbocycles. The molecule has 0 unspecified atom stereocenters. The molecule has 0 saturated carbocycles. The predicted molar refractivity (Wildman–Crippen MR) is 67.5 cm³/mol. The summed E-state index contributed by atoms with van der Waals surface area (Å²) in [7, 11) is 2.99. The van der Waals surface area contributed by atoms with Gasteiger partial charge in [-0.25, -0.2) is 14.8 Å². The fraction of sp³-hybridized carbons (Fsp3) is 0.154. The van der Waals surface area contributed by atoms with Gasteiger partial charge >= 0.3 is 5.97 Å². The van der Waals surface area contributed by atoms with Gasteiger partial charge in [-0.05, 0) is 17.7 Å². The molecule has 6 heteroatoms. The summed E-state index contributed by atoms with van der Waals surface area (Å²) in [4.78, 5) is 18.8. The van der Waals surface area contributed by atoms with Crippen molar-refractivity contribution in [1.29, 1.82) is 0 Å². The quantitative estimate of drug-likeness (QED) is 0.903. The Kier molecular flexibility index (Phi) is 3.61. The van der Waals surface area contributed by atoms with Crippen molar-refractivity contribution in [3.8, 4) is 22.9 Å². The summed E-state index contributed by atoms with van der Waals surface area (Å²) in [5.41, 5.74) is 1.52. The first-order chi connectivity index (χ1) is 9.17. The molecule has 1 N–H and O–H groups in total. The molecule has 6 nitrogen and oxygen atoms in total. The van der Waals surface area contributed by atoms with E-state index >= 15 is 0 Å². The lowest BCUT2D eigenvalue weighted by Crippen LogP contribution is -1.99. The van der Waals surface area contributed by atoms with E-state index in [9.17, 15) is 4.79 Å². The Morgan fingerprint density at radius 2 is 1.58 bits per heavy atom. The summed E-state index contributed by atoms with van der Waals surface area (Å²) in [6.45, 7) is 0. The van der Waals surface area contributed by atoms with E-state index in [1.807, 2.05) is 0 Å². The zero-order chi connectivity index (χ0) is 13.8. The molecule has 2 rings (SSSR count). The smallest absolute Gasteiger partial charge is 0.335 e. The van der Waals surface area contributed by atoms with E-state index in [0.717, 1.165) is 5.56 Å². The third-order valence-electron chi connectivity index (χ3n) is 2.58. The number of benzene rings is 1. The number of rotatable bonds is 4. The monoisotopic (exact) mass is 260 g/mol. The summed E-state index contributed by atoms with van der Waals surface area (Å²) >= 11 is 0. The Hall–Kier alpha value is -2.63. The molecule has 0 saturated heterocycles. The molecule has 1 aromatic heterocycles. The van der Waals surface area contributed by atoms with Crippen molar-refractivity contribution in [2.24, 2.45) is 0 Å². The van der Waals surface area contributed by atoms with Crippen molar-refractivity contribution in [3.63, 3.8) is 0 Å². The van der Waals surface area contributed by atoms with E-state index in [1.54, 1.807) is 12.1 Å². The van der Waals surface area contributed by atoms with E-state index in [2.05, 4.69) is 9.97 Å². The minimum Gasteiger partial charge on any atom is -0.480 e. The molecule has 0 radical (unpaired) electrons. The Balaban J connectivity index is 2.54. The molecule has 1 aromatic carbocycles. The van der Waals surface area contributed by atoms with Gasteiger partial charge in [0, 0.05) is 0 Å².